The highest BCUT2D eigenvalue weighted by molar-refractivity contribution is 6.32. The monoisotopic (exact) mass is 487 g/mol. The molecule has 0 aliphatic rings. The van der Waals surface area contributed by atoms with Gasteiger partial charge >= 0.3 is 0 Å². The third-order valence-electron chi connectivity index (χ3n) is 5.17. The van der Waals surface area contributed by atoms with Gasteiger partial charge in [0.1, 0.15) is 18.1 Å². The van der Waals surface area contributed by atoms with E-state index < -0.39 is 0 Å². The standard InChI is InChI=1S/C29H26ClNO4/c1-3-33-27-18-22(17-26(30)28(27)34-19-21-7-5-4-6-8-21)29(32)31-23-11-15-25(16-12-23)35-24-13-9-20(2)10-14-24/h4-18H,3,19H2,1-2H3,(H,31,32). The predicted octanol–water partition coefficient (Wildman–Crippen LogP) is 7.67. The number of hydrogen-bond donors (Lipinski definition) is 1. The van der Waals surface area contributed by atoms with Gasteiger partial charge in [-0.2, -0.15) is 0 Å². The second kappa shape index (κ2) is 11.4. The molecule has 0 saturated heterocycles. The van der Waals surface area contributed by atoms with Crippen molar-refractivity contribution in [1.82, 2.24) is 0 Å². The molecule has 0 aromatic heterocycles. The number of benzene rings is 4. The summed E-state index contributed by atoms with van der Waals surface area (Å²) in [5, 5.41) is 3.19. The van der Waals surface area contributed by atoms with Gasteiger partial charge in [0.15, 0.2) is 11.5 Å². The summed E-state index contributed by atoms with van der Waals surface area (Å²) in [6.07, 6.45) is 0. The van der Waals surface area contributed by atoms with Crippen molar-refractivity contribution in [2.24, 2.45) is 0 Å². The van der Waals surface area contributed by atoms with Crippen LogP contribution in [-0.4, -0.2) is 12.5 Å². The summed E-state index contributed by atoms with van der Waals surface area (Å²) in [6, 6.07) is 27.9. The number of carbonyl (C=O) groups excluding carboxylic acids is 1. The van der Waals surface area contributed by atoms with E-state index in [9.17, 15) is 4.79 Å². The van der Waals surface area contributed by atoms with E-state index >= 15 is 0 Å². The van der Waals surface area contributed by atoms with Crippen LogP contribution in [0.1, 0.15) is 28.4 Å². The van der Waals surface area contributed by atoms with E-state index in [-0.39, 0.29) is 5.91 Å². The molecule has 0 fully saturated rings. The van der Waals surface area contributed by atoms with E-state index in [1.165, 1.54) is 5.56 Å². The molecule has 0 aliphatic heterocycles. The van der Waals surface area contributed by atoms with Crippen molar-refractivity contribution in [3.63, 3.8) is 0 Å². The first kappa shape index (κ1) is 24.2. The van der Waals surface area contributed by atoms with Crippen molar-refractivity contribution >= 4 is 23.2 Å². The van der Waals surface area contributed by atoms with Crippen LogP contribution in [-0.2, 0) is 6.61 Å². The Hall–Kier alpha value is -3.96. The van der Waals surface area contributed by atoms with Crippen molar-refractivity contribution in [2.45, 2.75) is 20.5 Å². The van der Waals surface area contributed by atoms with Gasteiger partial charge in [-0.05, 0) is 67.9 Å². The Labute approximate surface area is 210 Å². The van der Waals surface area contributed by atoms with Gasteiger partial charge in [0.05, 0.1) is 11.6 Å². The van der Waals surface area contributed by atoms with Crippen molar-refractivity contribution in [3.8, 4) is 23.0 Å². The number of hydrogen-bond acceptors (Lipinski definition) is 4. The summed E-state index contributed by atoms with van der Waals surface area (Å²) in [4.78, 5) is 12.9. The number of aryl methyl sites for hydroxylation is 1. The van der Waals surface area contributed by atoms with Crippen LogP contribution in [0.2, 0.25) is 5.02 Å². The molecule has 178 valence electrons. The van der Waals surface area contributed by atoms with Gasteiger partial charge in [-0.3, -0.25) is 4.79 Å². The summed E-state index contributed by atoms with van der Waals surface area (Å²) in [5.74, 6) is 1.94. The lowest BCUT2D eigenvalue weighted by Crippen LogP contribution is -2.12. The zero-order valence-corrected chi connectivity index (χ0v) is 20.3. The second-order valence-corrected chi connectivity index (χ2v) is 8.29. The Balaban J connectivity index is 1.45. The fraction of sp³-hybridized carbons (Fsp3) is 0.138. The summed E-state index contributed by atoms with van der Waals surface area (Å²) >= 11 is 6.49. The fourth-order valence-electron chi connectivity index (χ4n) is 3.38. The molecular weight excluding hydrogens is 462 g/mol. The first-order chi connectivity index (χ1) is 17.0. The van der Waals surface area contributed by atoms with E-state index in [1.807, 2.05) is 68.4 Å². The van der Waals surface area contributed by atoms with Crippen LogP contribution in [0.15, 0.2) is 91.0 Å². The maximum atomic E-state index is 12.9. The Morgan fingerprint density at radius 3 is 2.17 bits per heavy atom. The molecule has 0 saturated carbocycles. The van der Waals surface area contributed by atoms with E-state index in [1.54, 1.807) is 36.4 Å². The fourth-order valence-corrected chi connectivity index (χ4v) is 3.65. The third-order valence-corrected chi connectivity index (χ3v) is 5.45. The molecule has 0 atom stereocenters. The molecule has 0 spiro atoms. The third kappa shape index (κ3) is 6.55. The number of ether oxygens (including phenoxy) is 3. The van der Waals surface area contributed by atoms with E-state index in [4.69, 9.17) is 25.8 Å². The van der Waals surface area contributed by atoms with Crippen LogP contribution in [0.5, 0.6) is 23.0 Å². The summed E-state index contributed by atoms with van der Waals surface area (Å²) in [5.41, 5.74) is 3.16. The molecule has 1 N–H and O–H groups in total. The van der Waals surface area contributed by atoms with Crippen LogP contribution in [0.4, 0.5) is 5.69 Å². The predicted molar refractivity (Wildman–Crippen MR) is 139 cm³/mol. The highest BCUT2D eigenvalue weighted by Gasteiger charge is 2.17. The summed E-state index contributed by atoms with van der Waals surface area (Å²) in [7, 11) is 0. The van der Waals surface area contributed by atoms with Gasteiger partial charge in [-0.25, -0.2) is 0 Å². The molecule has 1 amide bonds. The molecule has 4 aromatic rings. The number of amides is 1. The minimum absolute atomic E-state index is 0.305. The van der Waals surface area contributed by atoms with Gasteiger partial charge in [0.2, 0.25) is 0 Å². The summed E-state index contributed by atoms with van der Waals surface area (Å²) < 4.78 is 17.5. The maximum Gasteiger partial charge on any atom is 0.255 e. The molecule has 5 nitrogen and oxygen atoms in total. The smallest absolute Gasteiger partial charge is 0.255 e. The molecule has 4 rings (SSSR count). The first-order valence-electron chi connectivity index (χ1n) is 11.3. The topological polar surface area (TPSA) is 56.8 Å². The van der Waals surface area contributed by atoms with Crippen molar-refractivity contribution in [2.75, 3.05) is 11.9 Å². The Kier molecular flexibility index (Phi) is 7.91. The zero-order valence-electron chi connectivity index (χ0n) is 19.6. The van der Waals surface area contributed by atoms with Crippen LogP contribution >= 0.6 is 11.6 Å². The number of halogens is 1. The lowest BCUT2D eigenvalue weighted by Gasteiger charge is -2.15. The lowest BCUT2D eigenvalue weighted by atomic mass is 10.1. The number of rotatable bonds is 9. The van der Waals surface area contributed by atoms with Crippen molar-refractivity contribution < 1.29 is 19.0 Å². The summed E-state index contributed by atoms with van der Waals surface area (Å²) in [6.45, 7) is 4.63. The van der Waals surface area contributed by atoms with Gasteiger partial charge in [0, 0.05) is 11.3 Å². The van der Waals surface area contributed by atoms with Crippen LogP contribution in [0.3, 0.4) is 0 Å². The largest absolute Gasteiger partial charge is 0.490 e. The minimum atomic E-state index is -0.310. The molecule has 0 radical (unpaired) electrons. The van der Waals surface area contributed by atoms with Gasteiger partial charge in [-0.15, -0.1) is 0 Å². The second-order valence-electron chi connectivity index (χ2n) is 7.89. The average molecular weight is 488 g/mol. The molecule has 35 heavy (non-hydrogen) atoms. The molecule has 0 unspecified atom stereocenters. The normalized spacial score (nSPS) is 10.5. The van der Waals surface area contributed by atoms with Crippen LogP contribution < -0.4 is 19.5 Å². The lowest BCUT2D eigenvalue weighted by molar-refractivity contribution is 0.102. The molecule has 6 heteroatoms. The highest BCUT2D eigenvalue weighted by atomic mass is 35.5. The molecule has 0 bridgehead atoms. The van der Waals surface area contributed by atoms with Crippen LogP contribution in [0.25, 0.3) is 0 Å². The van der Waals surface area contributed by atoms with Gasteiger partial charge in [0.25, 0.3) is 5.91 Å². The Morgan fingerprint density at radius 1 is 0.857 bits per heavy atom. The van der Waals surface area contributed by atoms with Gasteiger partial charge < -0.3 is 19.5 Å². The molecular formula is C29H26ClNO4. The minimum Gasteiger partial charge on any atom is -0.490 e. The molecule has 4 aromatic carbocycles. The number of carbonyl (C=O) groups is 1. The first-order valence-corrected chi connectivity index (χ1v) is 11.7. The van der Waals surface area contributed by atoms with Gasteiger partial charge in [-0.1, -0.05) is 59.6 Å². The SMILES string of the molecule is CCOc1cc(C(=O)Nc2ccc(Oc3ccc(C)cc3)cc2)cc(Cl)c1OCc1ccccc1. The molecule has 0 aliphatic carbocycles. The van der Waals surface area contributed by atoms with Crippen molar-refractivity contribution in [1.29, 1.82) is 0 Å². The van der Waals surface area contributed by atoms with E-state index in [0.717, 1.165) is 11.3 Å². The Morgan fingerprint density at radius 2 is 1.51 bits per heavy atom. The average Bonchev–Trinajstić information content (AvgIpc) is 2.87. The van der Waals surface area contributed by atoms with Crippen LogP contribution in [0, 0.1) is 6.92 Å². The van der Waals surface area contributed by atoms with Crippen molar-refractivity contribution in [3.05, 3.63) is 113 Å². The quantitative estimate of drug-likeness (QED) is 0.263. The number of anilines is 1. The highest BCUT2D eigenvalue weighted by Crippen LogP contribution is 2.37. The van der Waals surface area contributed by atoms with E-state index in [0.29, 0.717) is 46.7 Å². The Bertz CT molecular complexity index is 1270. The number of nitrogens with one attached hydrogen (secondary N) is 1. The maximum absolute atomic E-state index is 12.9. The molecule has 0 heterocycles. The van der Waals surface area contributed by atoms with E-state index in [2.05, 4.69) is 5.32 Å². The zero-order chi connectivity index (χ0) is 24.6.